The second kappa shape index (κ2) is 11.4. The number of carbonyl (C=O) groups is 1. The zero-order valence-corrected chi connectivity index (χ0v) is 20.1. The summed E-state index contributed by atoms with van der Waals surface area (Å²) in [4.78, 5) is 12.8. The summed E-state index contributed by atoms with van der Waals surface area (Å²) in [7, 11) is -0.859. The number of nitrogens with zero attached hydrogens (tertiary/aromatic N) is 2. The summed E-state index contributed by atoms with van der Waals surface area (Å²) in [5.74, 6) is 0.572. The van der Waals surface area contributed by atoms with E-state index in [9.17, 15) is 13.2 Å². The van der Waals surface area contributed by atoms with E-state index in [0.717, 1.165) is 15.4 Å². The first-order valence-electron chi connectivity index (χ1n) is 10.5. The van der Waals surface area contributed by atoms with Crippen LogP contribution in [-0.2, 0) is 21.4 Å². The van der Waals surface area contributed by atoms with Crippen molar-refractivity contribution < 1.29 is 22.7 Å². The van der Waals surface area contributed by atoms with Crippen LogP contribution in [0.1, 0.15) is 16.7 Å². The minimum atomic E-state index is -3.92. The molecule has 0 aliphatic heterocycles. The number of methoxy groups -OCH3 is 2. The zero-order valence-electron chi connectivity index (χ0n) is 19.3. The van der Waals surface area contributed by atoms with E-state index in [0.29, 0.717) is 17.1 Å². The van der Waals surface area contributed by atoms with Gasteiger partial charge in [-0.3, -0.25) is 4.79 Å². The van der Waals surface area contributed by atoms with E-state index in [1.165, 1.54) is 25.5 Å². The number of benzene rings is 3. The SMILES string of the molecule is COc1ccc(OC)c(/C=N\NC(=O)CN(Cc2ccccc2)S(=O)(=O)c2ccc(C)cc2)c1. The van der Waals surface area contributed by atoms with Crippen LogP contribution in [0, 0.1) is 6.92 Å². The number of hydrazone groups is 1. The van der Waals surface area contributed by atoms with Crippen LogP contribution < -0.4 is 14.9 Å². The van der Waals surface area contributed by atoms with Gasteiger partial charge in [-0.1, -0.05) is 48.0 Å². The topological polar surface area (TPSA) is 97.3 Å². The van der Waals surface area contributed by atoms with Crippen molar-refractivity contribution in [2.24, 2.45) is 5.10 Å². The molecule has 3 aromatic carbocycles. The smallest absolute Gasteiger partial charge is 0.255 e. The van der Waals surface area contributed by atoms with Crippen molar-refractivity contribution in [3.05, 3.63) is 89.5 Å². The standard InChI is InChI=1S/C25H27N3O5S/c1-19-9-12-23(13-10-19)34(30,31)28(17-20-7-5-4-6-8-20)18-25(29)27-26-16-21-15-22(32-2)11-14-24(21)33-3/h4-16H,17-18H2,1-3H3,(H,27,29)/b26-16-. The predicted molar refractivity (Wildman–Crippen MR) is 130 cm³/mol. The number of amides is 1. The first-order valence-corrected chi connectivity index (χ1v) is 11.9. The fraction of sp³-hybridized carbons (Fsp3) is 0.200. The molecule has 0 radical (unpaired) electrons. The van der Waals surface area contributed by atoms with Gasteiger partial charge in [0.1, 0.15) is 11.5 Å². The van der Waals surface area contributed by atoms with Crippen molar-refractivity contribution in [2.75, 3.05) is 20.8 Å². The van der Waals surface area contributed by atoms with E-state index < -0.39 is 22.5 Å². The van der Waals surface area contributed by atoms with Crippen LogP contribution in [0.25, 0.3) is 0 Å². The molecule has 0 aromatic heterocycles. The molecule has 0 atom stereocenters. The molecule has 0 saturated carbocycles. The average molecular weight is 482 g/mol. The number of hydrogen-bond donors (Lipinski definition) is 1. The van der Waals surface area contributed by atoms with E-state index in [4.69, 9.17) is 9.47 Å². The molecule has 0 heterocycles. The van der Waals surface area contributed by atoms with Gasteiger partial charge in [0.05, 0.1) is 31.9 Å². The van der Waals surface area contributed by atoms with Crippen molar-refractivity contribution in [1.29, 1.82) is 0 Å². The Bertz CT molecular complexity index is 1240. The van der Waals surface area contributed by atoms with Crippen molar-refractivity contribution in [2.45, 2.75) is 18.4 Å². The quantitative estimate of drug-likeness (QED) is 0.354. The molecule has 0 fully saturated rings. The number of rotatable bonds is 10. The highest BCUT2D eigenvalue weighted by Crippen LogP contribution is 2.22. The lowest BCUT2D eigenvalue weighted by Crippen LogP contribution is -2.39. The summed E-state index contributed by atoms with van der Waals surface area (Å²) in [5, 5.41) is 3.97. The number of carbonyl (C=O) groups excluding carboxylic acids is 1. The number of hydrogen-bond acceptors (Lipinski definition) is 6. The maximum atomic E-state index is 13.3. The Morgan fingerprint density at radius 2 is 1.71 bits per heavy atom. The van der Waals surface area contributed by atoms with Gasteiger partial charge in [-0.15, -0.1) is 0 Å². The maximum absolute atomic E-state index is 13.3. The van der Waals surface area contributed by atoms with Crippen LogP contribution in [0.5, 0.6) is 11.5 Å². The van der Waals surface area contributed by atoms with Crippen LogP contribution in [0.2, 0.25) is 0 Å². The monoisotopic (exact) mass is 481 g/mol. The number of sulfonamides is 1. The maximum Gasteiger partial charge on any atom is 0.255 e. The highest BCUT2D eigenvalue weighted by molar-refractivity contribution is 7.89. The summed E-state index contributed by atoms with van der Waals surface area (Å²) >= 11 is 0. The summed E-state index contributed by atoms with van der Waals surface area (Å²) in [6.07, 6.45) is 1.41. The van der Waals surface area contributed by atoms with Crippen molar-refractivity contribution >= 4 is 22.1 Å². The van der Waals surface area contributed by atoms with Gasteiger partial charge < -0.3 is 9.47 Å². The average Bonchev–Trinajstić information content (AvgIpc) is 2.84. The Labute approximate surface area is 199 Å². The van der Waals surface area contributed by atoms with Gasteiger partial charge in [-0.2, -0.15) is 9.41 Å². The highest BCUT2D eigenvalue weighted by Gasteiger charge is 2.26. The second-order valence-corrected chi connectivity index (χ2v) is 9.41. The van der Waals surface area contributed by atoms with Crippen molar-refractivity contribution in [1.82, 2.24) is 9.73 Å². The lowest BCUT2D eigenvalue weighted by atomic mass is 10.2. The molecule has 3 aromatic rings. The molecular weight excluding hydrogens is 454 g/mol. The lowest BCUT2D eigenvalue weighted by Gasteiger charge is -2.21. The Balaban J connectivity index is 1.79. The summed E-state index contributed by atoms with van der Waals surface area (Å²) in [5.41, 5.74) is 4.69. The van der Waals surface area contributed by atoms with Gasteiger partial charge in [0.15, 0.2) is 0 Å². The van der Waals surface area contributed by atoms with Gasteiger partial charge in [-0.25, -0.2) is 13.8 Å². The Morgan fingerprint density at radius 1 is 1.00 bits per heavy atom. The molecule has 3 rings (SSSR count). The third kappa shape index (κ3) is 6.43. The van der Waals surface area contributed by atoms with Crippen LogP contribution >= 0.6 is 0 Å². The van der Waals surface area contributed by atoms with Crippen LogP contribution in [0.3, 0.4) is 0 Å². The third-order valence-electron chi connectivity index (χ3n) is 5.01. The molecule has 178 valence electrons. The molecular formula is C25H27N3O5S. The largest absolute Gasteiger partial charge is 0.497 e. The molecule has 0 spiro atoms. The van der Waals surface area contributed by atoms with E-state index in [2.05, 4.69) is 10.5 Å². The minimum Gasteiger partial charge on any atom is -0.497 e. The number of nitrogens with one attached hydrogen (secondary N) is 1. The number of aryl methyl sites for hydroxylation is 1. The fourth-order valence-electron chi connectivity index (χ4n) is 3.18. The van der Waals surface area contributed by atoms with Crippen molar-refractivity contribution in [3.63, 3.8) is 0 Å². The minimum absolute atomic E-state index is 0.0396. The predicted octanol–water partition coefficient (Wildman–Crippen LogP) is 3.35. The molecule has 8 nitrogen and oxygen atoms in total. The summed E-state index contributed by atoms with van der Waals surface area (Å²) in [6, 6.07) is 20.8. The Morgan fingerprint density at radius 3 is 2.35 bits per heavy atom. The highest BCUT2D eigenvalue weighted by atomic mass is 32.2. The molecule has 0 aliphatic rings. The molecule has 0 bridgehead atoms. The van der Waals surface area contributed by atoms with E-state index >= 15 is 0 Å². The summed E-state index contributed by atoms with van der Waals surface area (Å²) < 4.78 is 38.2. The molecule has 0 saturated heterocycles. The van der Waals surface area contributed by atoms with E-state index in [1.54, 1.807) is 37.4 Å². The normalized spacial score (nSPS) is 11.5. The molecule has 9 heteroatoms. The lowest BCUT2D eigenvalue weighted by molar-refractivity contribution is -0.121. The second-order valence-electron chi connectivity index (χ2n) is 7.47. The number of ether oxygens (including phenoxy) is 2. The van der Waals surface area contributed by atoms with Gasteiger partial charge >= 0.3 is 0 Å². The third-order valence-corrected chi connectivity index (χ3v) is 6.82. The first kappa shape index (κ1) is 24.9. The first-order chi connectivity index (χ1) is 16.3. The van der Waals surface area contributed by atoms with Gasteiger partial charge in [-0.05, 0) is 42.8 Å². The van der Waals surface area contributed by atoms with Crippen LogP contribution in [-0.4, -0.2) is 45.6 Å². The van der Waals surface area contributed by atoms with E-state index in [-0.39, 0.29) is 11.4 Å². The molecule has 34 heavy (non-hydrogen) atoms. The van der Waals surface area contributed by atoms with Gasteiger partial charge in [0.25, 0.3) is 5.91 Å². The Hall–Kier alpha value is -3.69. The van der Waals surface area contributed by atoms with Gasteiger partial charge in [0.2, 0.25) is 10.0 Å². The van der Waals surface area contributed by atoms with Crippen molar-refractivity contribution in [3.8, 4) is 11.5 Å². The molecule has 1 amide bonds. The van der Waals surface area contributed by atoms with Gasteiger partial charge in [0, 0.05) is 12.1 Å². The Kier molecular flexibility index (Phi) is 8.39. The molecule has 0 unspecified atom stereocenters. The fourth-order valence-corrected chi connectivity index (χ4v) is 4.57. The molecule has 0 aliphatic carbocycles. The summed E-state index contributed by atoms with van der Waals surface area (Å²) in [6.45, 7) is 1.51. The van der Waals surface area contributed by atoms with Crippen LogP contribution in [0.15, 0.2) is 82.8 Å². The van der Waals surface area contributed by atoms with E-state index in [1.807, 2.05) is 37.3 Å². The van der Waals surface area contributed by atoms with Crippen LogP contribution in [0.4, 0.5) is 0 Å². The zero-order chi connectivity index (χ0) is 24.6. The molecule has 1 N–H and O–H groups in total.